The van der Waals surface area contributed by atoms with Gasteiger partial charge in [-0.15, -0.1) is 0 Å². The van der Waals surface area contributed by atoms with Crippen molar-refractivity contribution in [3.63, 3.8) is 0 Å². The Hall–Kier alpha value is -1.74. The molecule has 0 aliphatic carbocycles. The molecule has 0 unspecified atom stereocenters. The number of allylic oxidation sites excluding steroid dienone is 6. The van der Waals surface area contributed by atoms with E-state index in [0.717, 1.165) is 31.4 Å². The topological polar surface area (TPSA) is 33.1 Å². The van der Waals surface area contributed by atoms with Crippen molar-refractivity contribution < 1.29 is 5.11 Å². The summed E-state index contributed by atoms with van der Waals surface area (Å²) in [6, 6.07) is 3.60. The van der Waals surface area contributed by atoms with Crippen LogP contribution in [0.3, 0.4) is 0 Å². The molecule has 0 aliphatic rings. The molecule has 130 valence electrons. The van der Waals surface area contributed by atoms with Crippen molar-refractivity contribution in [3.05, 3.63) is 64.5 Å². The average Bonchev–Trinajstić information content (AvgIpc) is 2.52. The lowest BCUT2D eigenvalue weighted by molar-refractivity contribution is 0.570. The summed E-state index contributed by atoms with van der Waals surface area (Å²) < 4.78 is 0. The molecule has 0 aromatic carbocycles. The van der Waals surface area contributed by atoms with Crippen molar-refractivity contribution in [3.8, 4) is 0 Å². The number of thiocarbonyl (C=S) groups is 1. The minimum atomic E-state index is -0.0842. The normalized spacial score (nSPS) is 12.2. The highest BCUT2D eigenvalue weighted by molar-refractivity contribution is 7.80. The Balaban J connectivity index is 2.48. The number of aliphatic hydroxyl groups is 1. The van der Waals surface area contributed by atoms with Gasteiger partial charge in [0.15, 0.2) is 5.05 Å². The predicted molar refractivity (Wildman–Crippen MR) is 108 cm³/mol. The van der Waals surface area contributed by atoms with Gasteiger partial charge < -0.3 is 5.11 Å². The van der Waals surface area contributed by atoms with E-state index in [0.29, 0.717) is 12.0 Å². The van der Waals surface area contributed by atoms with Crippen LogP contribution in [0.4, 0.5) is 0 Å². The highest BCUT2D eigenvalue weighted by Crippen LogP contribution is 2.13. The quantitative estimate of drug-likeness (QED) is 0.423. The fourth-order valence-electron chi connectivity index (χ4n) is 2.41. The van der Waals surface area contributed by atoms with Gasteiger partial charge in [-0.2, -0.15) is 0 Å². The standard InChI is InChI=1S/C21H29NOS/c1-16(2)8-5-9-17(3)10-6-11-18(4)13-14-20-19(21(23)24)12-7-15-22-20/h7-8,10,12-13,15H,5-6,9,11,14H2,1-4H3,(H,23,24). The Morgan fingerprint density at radius 1 is 1.04 bits per heavy atom. The third-order valence-corrected chi connectivity index (χ3v) is 4.11. The average molecular weight is 344 g/mol. The third kappa shape index (κ3) is 8.21. The molecule has 1 aromatic heterocycles. The number of pyridine rings is 1. The molecule has 0 amide bonds. The van der Waals surface area contributed by atoms with E-state index in [2.05, 4.69) is 50.9 Å². The maximum Gasteiger partial charge on any atom is 0.190 e. The first-order valence-corrected chi connectivity index (χ1v) is 8.92. The van der Waals surface area contributed by atoms with E-state index in [1.807, 2.05) is 6.07 Å². The predicted octanol–water partition coefficient (Wildman–Crippen LogP) is 6.28. The molecule has 1 aromatic rings. The molecule has 2 nitrogen and oxygen atoms in total. The van der Waals surface area contributed by atoms with Crippen LogP contribution in [0, 0.1) is 0 Å². The molecule has 0 saturated carbocycles. The Morgan fingerprint density at radius 3 is 2.29 bits per heavy atom. The number of rotatable bonds is 9. The summed E-state index contributed by atoms with van der Waals surface area (Å²) in [5.41, 5.74) is 5.67. The largest absolute Gasteiger partial charge is 0.498 e. The number of hydrogen-bond acceptors (Lipinski definition) is 2. The van der Waals surface area contributed by atoms with Crippen LogP contribution in [0.25, 0.3) is 0 Å². The van der Waals surface area contributed by atoms with E-state index < -0.39 is 0 Å². The van der Waals surface area contributed by atoms with Gasteiger partial charge >= 0.3 is 0 Å². The van der Waals surface area contributed by atoms with Gasteiger partial charge in [0, 0.05) is 18.2 Å². The minimum Gasteiger partial charge on any atom is -0.498 e. The molecule has 1 rings (SSSR count). The first kappa shape index (κ1) is 20.3. The molecule has 1 N–H and O–H groups in total. The highest BCUT2D eigenvalue weighted by atomic mass is 32.1. The maximum absolute atomic E-state index is 9.54. The minimum absolute atomic E-state index is 0.0842. The van der Waals surface area contributed by atoms with Gasteiger partial charge in [-0.25, -0.2) is 0 Å². The molecular formula is C21H29NOS. The van der Waals surface area contributed by atoms with E-state index in [9.17, 15) is 5.11 Å². The first-order chi connectivity index (χ1) is 11.4. The number of aliphatic hydroxyl groups excluding tert-OH is 1. The van der Waals surface area contributed by atoms with Gasteiger partial charge in [0.1, 0.15) is 0 Å². The highest BCUT2D eigenvalue weighted by Gasteiger charge is 2.05. The summed E-state index contributed by atoms with van der Waals surface area (Å²) in [4.78, 5) is 4.32. The van der Waals surface area contributed by atoms with Crippen LogP contribution >= 0.6 is 12.2 Å². The molecule has 0 aliphatic heterocycles. The lowest BCUT2D eigenvalue weighted by atomic mass is 10.0. The van der Waals surface area contributed by atoms with Crippen LogP contribution < -0.4 is 0 Å². The fourth-order valence-corrected chi connectivity index (χ4v) is 2.59. The zero-order valence-corrected chi connectivity index (χ0v) is 16.1. The van der Waals surface area contributed by atoms with Crippen LogP contribution in [0.2, 0.25) is 0 Å². The van der Waals surface area contributed by atoms with Crippen LogP contribution in [-0.2, 0) is 6.42 Å². The van der Waals surface area contributed by atoms with Crippen LogP contribution in [0.5, 0.6) is 0 Å². The summed E-state index contributed by atoms with van der Waals surface area (Å²) in [7, 11) is 0. The smallest absolute Gasteiger partial charge is 0.190 e. The molecular weight excluding hydrogens is 314 g/mol. The molecule has 0 spiro atoms. The maximum atomic E-state index is 9.54. The Kier molecular flexibility index (Phi) is 9.24. The summed E-state index contributed by atoms with van der Waals surface area (Å²) in [5, 5.41) is 9.45. The molecule has 24 heavy (non-hydrogen) atoms. The van der Waals surface area contributed by atoms with Crippen molar-refractivity contribution in [2.24, 2.45) is 0 Å². The summed E-state index contributed by atoms with van der Waals surface area (Å²) in [6.07, 6.45) is 13.6. The van der Waals surface area contributed by atoms with E-state index in [1.165, 1.54) is 16.7 Å². The molecule has 0 atom stereocenters. The number of aromatic nitrogens is 1. The molecule has 0 saturated heterocycles. The summed E-state index contributed by atoms with van der Waals surface area (Å²) in [6.45, 7) is 8.64. The molecule has 0 bridgehead atoms. The van der Waals surface area contributed by atoms with E-state index in [1.54, 1.807) is 12.3 Å². The second-order valence-corrected chi connectivity index (χ2v) is 6.85. The van der Waals surface area contributed by atoms with Gasteiger partial charge in [0.2, 0.25) is 0 Å². The lowest BCUT2D eigenvalue weighted by Gasteiger charge is -2.05. The van der Waals surface area contributed by atoms with Gasteiger partial charge in [-0.3, -0.25) is 4.98 Å². The number of nitrogens with zero attached hydrogens (tertiary/aromatic N) is 1. The summed E-state index contributed by atoms with van der Waals surface area (Å²) >= 11 is 4.86. The molecule has 1 heterocycles. The summed E-state index contributed by atoms with van der Waals surface area (Å²) in [5.74, 6) is 0. The third-order valence-electron chi connectivity index (χ3n) is 3.89. The van der Waals surface area contributed by atoms with E-state index in [4.69, 9.17) is 12.2 Å². The first-order valence-electron chi connectivity index (χ1n) is 8.52. The van der Waals surface area contributed by atoms with E-state index >= 15 is 0 Å². The molecule has 0 radical (unpaired) electrons. The monoisotopic (exact) mass is 343 g/mol. The van der Waals surface area contributed by atoms with Crippen molar-refractivity contribution in [1.29, 1.82) is 0 Å². The van der Waals surface area contributed by atoms with Crippen LogP contribution in [0.1, 0.15) is 64.6 Å². The van der Waals surface area contributed by atoms with Crippen LogP contribution in [-0.4, -0.2) is 15.1 Å². The van der Waals surface area contributed by atoms with Crippen molar-refractivity contribution in [2.75, 3.05) is 0 Å². The second kappa shape index (κ2) is 10.9. The zero-order chi connectivity index (χ0) is 17.9. The number of hydrogen-bond donors (Lipinski definition) is 1. The Labute approximate surface area is 152 Å². The molecule has 3 heteroatoms. The SMILES string of the molecule is CC(C)=CCCC(C)=CCCC(C)=CCc1ncccc1C(O)=S. The van der Waals surface area contributed by atoms with Crippen molar-refractivity contribution >= 4 is 17.3 Å². The van der Waals surface area contributed by atoms with Crippen molar-refractivity contribution in [1.82, 2.24) is 4.98 Å². The Bertz CT molecular complexity index is 637. The van der Waals surface area contributed by atoms with Crippen LogP contribution in [0.15, 0.2) is 53.3 Å². The lowest BCUT2D eigenvalue weighted by Crippen LogP contribution is -2.02. The van der Waals surface area contributed by atoms with Gasteiger partial charge in [0.25, 0.3) is 0 Å². The molecule has 0 fully saturated rings. The fraction of sp³-hybridized carbons (Fsp3) is 0.429. The van der Waals surface area contributed by atoms with Gasteiger partial charge in [0.05, 0.1) is 5.69 Å². The zero-order valence-electron chi connectivity index (χ0n) is 15.3. The Morgan fingerprint density at radius 2 is 1.67 bits per heavy atom. The van der Waals surface area contributed by atoms with Gasteiger partial charge in [-0.1, -0.05) is 34.9 Å². The second-order valence-electron chi connectivity index (χ2n) is 6.47. The van der Waals surface area contributed by atoms with Gasteiger partial charge in [-0.05, 0) is 77.7 Å². The van der Waals surface area contributed by atoms with Crippen molar-refractivity contribution in [2.45, 2.75) is 59.8 Å². The van der Waals surface area contributed by atoms with E-state index in [-0.39, 0.29) is 5.05 Å².